The zero-order valence-corrected chi connectivity index (χ0v) is 14.3. The van der Waals surface area contributed by atoms with Crippen molar-refractivity contribution in [2.24, 2.45) is 0 Å². The monoisotopic (exact) mass is 376 g/mol. The highest BCUT2D eigenvalue weighted by molar-refractivity contribution is 9.10. The molecule has 2 heterocycles. The van der Waals surface area contributed by atoms with Crippen LogP contribution in [0.5, 0.6) is 0 Å². The molecule has 1 N–H and O–H groups in total. The molecule has 3 rings (SSSR count). The highest BCUT2D eigenvalue weighted by Crippen LogP contribution is 2.19. The number of hydrogen-bond acceptors (Lipinski definition) is 5. The quantitative estimate of drug-likeness (QED) is 0.891. The van der Waals surface area contributed by atoms with Gasteiger partial charge in [0, 0.05) is 28.9 Å². The average Bonchev–Trinajstić information content (AvgIpc) is 2.54. The summed E-state index contributed by atoms with van der Waals surface area (Å²) in [6.45, 7) is 4.17. The van der Waals surface area contributed by atoms with Gasteiger partial charge in [0.1, 0.15) is 5.69 Å². The number of nitrogens with zero attached hydrogens (tertiary/aromatic N) is 3. The molecule has 1 aromatic carbocycles. The van der Waals surface area contributed by atoms with E-state index in [-0.39, 0.29) is 5.91 Å². The molecule has 2 aromatic rings. The number of carbonyl (C=O) groups excluding carboxylic acids is 1. The number of carbonyl (C=O) groups is 1. The highest BCUT2D eigenvalue weighted by Gasteiger charge is 2.20. The normalized spacial score (nSPS) is 14.6. The molecule has 1 amide bonds. The van der Waals surface area contributed by atoms with Crippen molar-refractivity contribution in [1.82, 2.24) is 14.9 Å². The molecule has 1 aromatic heterocycles. The number of hydrogen-bond donors (Lipinski definition) is 1. The van der Waals surface area contributed by atoms with Gasteiger partial charge in [0.2, 0.25) is 5.95 Å². The summed E-state index contributed by atoms with van der Waals surface area (Å²) in [6.07, 6.45) is 0. The molecule has 0 radical (unpaired) electrons. The van der Waals surface area contributed by atoms with Crippen LogP contribution in [0.3, 0.4) is 0 Å². The Morgan fingerprint density at radius 1 is 1.26 bits per heavy atom. The molecular weight excluding hydrogens is 360 g/mol. The second-order valence-corrected chi connectivity index (χ2v) is 6.17. The van der Waals surface area contributed by atoms with Gasteiger partial charge < -0.3 is 15.0 Å². The van der Waals surface area contributed by atoms with E-state index in [0.717, 1.165) is 15.9 Å². The first-order chi connectivity index (χ1) is 11.1. The van der Waals surface area contributed by atoms with Crippen LogP contribution >= 0.6 is 15.9 Å². The van der Waals surface area contributed by atoms with Gasteiger partial charge in [-0.2, -0.15) is 0 Å². The SMILES string of the molecule is Cc1cc(C(=O)N2CCOCC2)nc(Nc2cccc(Br)c2)n1. The minimum absolute atomic E-state index is 0.0870. The van der Waals surface area contributed by atoms with Gasteiger partial charge in [0.25, 0.3) is 5.91 Å². The third-order valence-corrected chi connectivity index (χ3v) is 3.95. The van der Waals surface area contributed by atoms with Crippen molar-refractivity contribution in [3.63, 3.8) is 0 Å². The number of amides is 1. The Morgan fingerprint density at radius 3 is 2.78 bits per heavy atom. The lowest BCUT2D eigenvalue weighted by atomic mass is 10.3. The Morgan fingerprint density at radius 2 is 2.04 bits per heavy atom. The topological polar surface area (TPSA) is 67.4 Å². The summed E-state index contributed by atoms with van der Waals surface area (Å²) in [6, 6.07) is 9.41. The van der Waals surface area contributed by atoms with E-state index >= 15 is 0 Å². The van der Waals surface area contributed by atoms with E-state index < -0.39 is 0 Å². The minimum Gasteiger partial charge on any atom is -0.378 e. The average molecular weight is 377 g/mol. The van der Waals surface area contributed by atoms with Crippen molar-refractivity contribution < 1.29 is 9.53 Å². The second-order valence-electron chi connectivity index (χ2n) is 5.26. The number of aromatic nitrogens is 2. The molecule has 0 bridgehead atoms. The van der Waals surface area contributed by atoms with Crippen LogP contribution in [0, 0.1) is 6.92 Å². The molecule has 0 spiro atoms. The maximum absolute atomic E-state index is 12.6. The van der Waals surface area contributed by atoms with Crippen molar-refractivity contribution in [3.8, 4) is 0 Å². The molecule has 0 atom stereocenters. The predicted octanol–water partition coefficient (Wildman–Crippen LogP) is 2.76. The molecule has 1 aliphatic heterocycles. The first-order valence-electron chi connectivity index (χ1n) is 7.37. The summed E-state index contributed by atoms with van der Waals surface area (Å²) in [5.74, 6) is 0.329. The Bertz CT molecular complexity index is 717. The summed E-state index contributed by atoms with van der Waals surface area (Å²) in [7, 11) is 0. The van der Waals surface area contributed by atoms with Gasteiger partial charge in [-0.3, -0.25) is 4.79 Å². The van der Waals surface area contributed by atoms with Crippen LogP contribution in [0.15, 0.2) is 34.8 Å². The fourth-order valence-electron chi connectivity index (χ4n) is 2.36. The zero-order valence-electron chi connectivity index (χ0n) is 12.8. The number of nitrogens with one attached hydrogen (secondary N) is 1. The van der Waals surface area contributed by atoms with Crippen LogP contribution in [0.2, 0.25) is 0 Å². The fourth-order valence-corrected chi connectivity index (χ4v) is 2.76. The summed E-state index contributed by atoms with van der Waals surface area (Å²) >= 11 is 3.43. The van der Waals surface area contributed by atoms with Gasteiger partial charge in [-0.1, -0.05) is 22.0 Å². The lowest BCUT2D eigenvalue weighted by Crippen LogP contribution is -2.41. The summed E-state index contributed by atoms with van der Waals surface area (Å²) in [4.78, 5) is 23.0. The molecular formula is C16H17BrN4O2. The third-order valence-electron chi connectivity index (χ3n) is 3.45. The fraction of sp³-hybridized carbons (Fsp3) is 0.312. The van der Waals surface area contributed by atoms with Crippen LogP contribution in [0.4, 0.5) is 11.6 Å². The Labute approximate surface area is 143 Å². The smallest absolute Gasteiger partial charge is 0.272 e. The summed E-state index contributed by atoms with van der Waals surface area (Å²) in [5.41, 5.74) is 2.00. The highest BCUT2D eigenvalue weighted by atomic mass is 79.9. The lowest BCUT2D eigenvalue weighted by Gasteiger charge is -2.26. The van der Waals surface area contributed by atoms with E-state index in [9.17, 15) is 4.79 Å². The Kier molecular flexibility index (Phi) is 4.88. The van der Waals surface area contributed by atoms with Crippen LogP contribution in [0.1, 0.15) is 16.2 Å². The first-order valence-corrected chi connectivity index (χ1v) is 8.16. The second kappa shape index (κ2) is 7.06. The number of rotatable bonds is 3. The van der Waals surface area contributed by atoms with Crippen molar-refractivity contribution in [2.75, 3.05) is 31.6 Å². The minimum atomic E-state index is -0.0870. The van der Waals surface area contributed by atoms with Crippen LogP contribution in [-0.4, -0.2) is 47.1 Å². The van der Waals surface area contributed by atoms with Crippen molar-refractivity contribution >= 4 is 33.5 Å². The first kappa shape index (κ1) is 15.9. The van der Waals surface area contributed by atoms with Gasteiger partial charge >= 0.3 is 0 Å². The zero-order chi connectivity index (χ0) is 16.2. The van der Waals surface area contributed by atoms with E-state index in [1.165, 1.54) is 0 Å². The number of benzene rings is 1. The van der Waals surface area contributed by atoms with Crippen molar-refractivity contribution in [1.29, 1.82) is 0 Å². The van der Waals surface area contributed by atoms with Crippen LogP contribution < -0.4 is 5.32 Å². The van der Waals surface area contributed by atoms with E-state index in [1.807, 2.05) is 31.2 Å². The molecule has 7 heteroatoms. The maximum Gasteiger partial charge on any atom is 0.272 e. The molecule has 1 saturated heterocycles. The summed E-state index contributed by atoms with van der Waals surface area (Å²) in [5, 5.41) is 3.14. The molecule has 23 heavy (non-hydrogen) atoms. The molecule has 1 aliphatic rings. The van der Waals surface area contributed by atoms with Gasteiger partial charge in [0.15, 0.2) is 0 Å². The Hall–Kier alpha value is -1.99. The van der Waals surface area contributed by atoms with Crippen molar-refractivity contribution in [2.45, 2.75) is 6.92 Å². The van der Waals surface area contributed by atoms with Gasteiger partial charge in [-0.25, -0.2) is 9.97 Å². The molecule has 6 nitrogen and oxygen atoms in total. The summed E-state index contributed by atoms with van der Waals surface area (Å²) < 4.78 is 6.24. The number of aryl methyl sites for hydroxylation is 1. The van der Waals surface area contributed by atoms with Crippen LogP contribution in [-0.2, 0) is 4.74 Å². The van der Waals surface area contributed by atoms with E-state index in [4.69, 9.17) is 4.74 Å². The molecule has 120 valence electrons. The molecule has 1 fully saturated rings. The predicted molar refractivity (Wildman–Crippen MR) is 90.9 cm³/mol. The van der Waals surface area contributed by atoms with Crippen LogP contribution in [0.25, 0.3) is 0 Å². The number of halogens is 1. The number of anilines is 2. The maximum atomic E-state index is 12.6. The number of ether oxygens (including phenoxy) is 1. The largest absolute Gasteiger partial charge is 0.378 e. The number of morpholine rings is 1. The molecule has 0 unspecified atom stereocenters. The van der Waals surface area contributed by atoms with E-state index in [2.05, 4.69) is 31.2 Å². The molecule has 0 saturated carbocycles. The van der Waals surface area contributed by atoms with E-state index in [0.29, 0.717) is 37.9 Å². The van der Waals surface area contributed by atoms with Crippen molar-refractivity contribution in [3.05, 3.63) is 46.2 Å². The van der Waals surface area contributed by atoms with Gasteiger partial charge in [-0.15, -0.1) is 0 Å². The molecule has 0 aliphatic carbocycles. The van der Waals surface area contributed by atoms with E-state index in [1.54, 1.807) is 11.0 Å². The standard InChI is InChI=1S/C16H17BrN4O2/c1-11-9-14(15(22)21-5-7-23-8-6-21)20-16(18-11)19-13-4-2-3-12(17)10-13/h2-4,9-10H,5-8H2,1H3,(H,18,19,20). The Balaban J connectivity index is 1.82. The lowest BCUT2D eigenvalue weighted by molar-refractivity contribution is 0.0299. The van der Waals surface area contributed by atoms with Gasteiger partial charge in [0.05, 0.1) is 13.2 Å². The van der Waals surface area contributed by atoms with Gasteiger partial charge in [-0.05, 0) is 31.2 Å². The third kappa shape index (κ3) is 4.05.